The van der Waals surface area contributed by atoms with Gasteiger partial charge in [-0.15, -0.1) is 0 Å². The van der Waals surface area contributed by atoms with Crippen LogP contribution in [-0.2, 0) is 19.6 Å². The van der Waals surface area contributed by atoms with E-state index in [-0.39, 0.29) is 0 Å². The molecule has 2 heterocycles. The molecule has 1 atom stereocenters. The van der Waals surface area contributed by atoms with Gasteiger partial charge in [0.25, 0.3) is 0 Å². The van der Waals surface area contributed by atoms with E-state index < -0.39 is 0 Å². The maximum absolute atomic E-state index is 5.53. The van der Waals surface area contributed by atoms with Gasteiger partial charge in [0.2, 0.25) is 5.89 Å². The average Bonchev–Trinajstić information content (AvgIpc) is 3.10. The van der Waals surface area contributed by atoms with Crippen molar-refractivity contribution in [3.63, 3.8) is 0 Å². The zero-order chi connectivity index (χ0) is 15.7. The molecule has 118 valence electrons. The molecule has 0 fully saturated rings. The molecule has 1 aromatic carbocycles. The fourth-order valence-electron chi connectivity index (χ4n) is 2.98. The molecule has 1 aliphatic rings. The van der Waals surface area contributed by atoms with Gasteiger partial charge >= 0.3 is 0 Å². The van der Waals surface area contributed by atoms with Crippen molar-refractivity contribution < 1.29 is 4.42 Å². The molecule has 0 saturated carbocycles. The lowest BCUT2D eigenvalue weighted by atomic mass is 10.1. The van der Waals surface area contributed by atoms with E-state index in [0.717, 1.165) is 24.7 Å². The Morgan fingerprint density at radius 1 is 1.27 bits per heavy atom. The van der Waals surface area contributed by atoms with Gasteiger partial charge in [-0.3, -0.25) is 4.90 Å². The molecule has 1 N–H and O–H groups in total. The van der Waals surface area contributed by atoms with Crippen LogP contribution in [0, 0.1) is 12.8 Å². The first-order valence-corrected chi connectivity index (χ1v) is 8.04. The third kappa shape index (κ3) is 3.02. The Bertz CT molecular complexity index is 648. The van der Waals surface area contributed by atoms with Crippen LogP contribution in [-0.4, -0.2) is 15.9 Å². The molecule has 2 aromatic rings. The lowest BCUT2D eigenvalue weighted by molar-refractivity contribution is 0.170. The van der Waals surface area contributed by atoms with Gasteiger partial charge in [0.05, 0.1) is 12.7 Å². The summed E-state index contributed by atoms with van der Waals surface area (Å²) < 4.78 is 5.53. The number of anilines is 1. The van der Waals surface area contributed by atoms with Gasteiger partial charge < -0.3 is 9.73 Å². The highest BCUT2D eigenvalue weighted by atomic mass is 16.4. The molecule has 4 nitrogen and oxygen atoms in total. The second kappa shape index (κ2) is 6.13. The number of benzene rings is 1. The van der Waals surface area contributed by atoms with Crippen molar-refractivity contribution in [2.45, 2.75) is 53.4 Å². The minimum atomic E-state index is 0.592. The average molecular weight is 299 g/mol. The van der Waals surface area contributed by atoms with Crippen molar-refractivity contribution in [3.8, 4) is 0 Å². The van der Waals surface area contributed by atoms with Gasteiger partial charge in [-0.05, 0) is 37.0 Å². The van der Waals surface area contributed by atoms with Crippen LogP contribution in [0.2, 0.25) is 0 Å². The Balaban J connectivity index is 1.72. The number of aryl methyl sites for hydroxylation is 1. The minimum Gasteiger partial charge on any atom is -0.444 e. The molecule has 0 bridgehead atoms. The van der Waals surface area contributed by atoms with Gasteiger partial charge in [-0.1, -0.05) is 26.0 Å². The number of fused-ring (bicyclic) bond motifs is 1. The zero-order valence-corrected chi connectivity index (χ0v) is 13.9. The standard InChI is InChI=1S/C18H25N3O/c1-12(2)14(4)21-10-15-6-5-7-17(16(15)11-21)19-9-18-20-8-13(3)22-18/h5-8,12,14,19H,9-11H2,1-4H3. The fourth-order valence-corrected chi connectivity index (χ4v) is 2.98. The van der Waals surface area contributed by atoms with Crippen LogP contribution in [0.4, 0.5) is 5.69 Å². The van der Waals surface area contributed by atoms with E-state index in [0.29, 0.717) is 18.5 Å². The van der Waals surface area contributed by atoms with Crippen molar-refractivity contribution >= 4 is 5.69 Å². The molecule has 0 aliphatic carbocycles. The summed E-state index contributed by atoms with van der Waals surface area (Å²) in [5.74, 6) is 2.26. The Morgan fingerprint density at radius 3 is 2.77 bits per heavy atom. The maximum Gasteiger partial charge on any atom is 0.213 e. The number of hydrogen-bond donors (Lipinski definition) is 1. The van der Waals surface area contributed by atoms with E-state index in [9.17, 15) is 0 Å². The van der Waals surface area contributed by atoms with Gasteiger partial charge in [0.15, 0.2) is 0 Å². The number of aromatic nitrogens is 1. The summed E-state index contributed by atoms with van der Waals surface area (Å²) in [5, 5.41) is 3.48. The van der Waals surface area contributed by atoms with Crippen LogP contribution < -0.4 is 5.32 Å². The van der Waals surface area contributed by atoms with E-state index >= 15 is 0 Å². The normalized spacial score (nSPS) is 16.0. The summed E-state index contributed by atoms with van der Waals surface area (Å²) >= 11 is 0. The van der Waals surface area contributed by atoms with Crippen molar-refractivity contribution in [1.29, 1.82) is 0 Å². The summed E-state index contributed by atoms with van der Waals surface area (Å²) in [4.78, 5) is 6.80. The minimum absolute atomic E-state index is 0.592. The van der Waals surface area contributed by atoms with Crippen LogP contribution in [0.3, 0.4) is 0 Å². The van der Waals surface area contributed by atoms with Crippen LogP contribution >= 0.6 is 0 Å². The highest BCUT2D eigenvalue weighted by Gasteiger charge is 2.26. The van der Waals surface area contributed by atoms with Crippen LogP contribution in [0.15, 0.2) is 28.8 Å². The number of nitrogens with zero attached hydrogens (tertiary/aromatic N) is 2. The Hall–Kier alpha value is -1.81. The zero-order valence-electron chi connectivity index (χ0n) is 13.9. The van der Waals surface area contributed by atoms with Crippen molar-refractivity contribution in [1.82, 2.24) is 9.88 Å². The summed E-state index contributed by atoms with van der Waals surface area (Å²) in [7, 11) is 0. The predicted molar refractivity (Wildman–Crippen MR) is 88.6 cm³/mol. The molecule has 3 rings (SSSR count). The Morgan fingerprint density at radius 2 is 2.09 bits per heavy atom. The first-order chi connectivity index (χ1) is 10.5. The lowest BCUT2D eigenvalue weighted by Gasteiger charge is -2.27. The molecule has 1 aliphatic heterocycles. The van der Waals surface area contributed by atoms with E-state index in [1.807, 2.05) is 6.92 Å². The molecular weight excluding hydrogens is 274 g/mol. The molecule has 4 heteroatoms. The van der Waals surface area contributed by atoms with Gasteiger partial charge in [0, 0.05) is 24.8 Å². The van der Waals surface area contributed by atoms with E-state index in [1.54, 1.807) is 6.20 Å². The predicted octanol–water partition coefficient (Wildman–Crippen LogP) is 3.96. The summed E-state index contributed by atoms with van der Waals surface area (Å²) in [5.41, 5.74) is 4.05. The fraction of sp³-hybridized carbons (Fsp3) is 0.500. The summed E-state index contributed by atoms with van der Waals surface area (Å²) in [6.45, 7) is 11.5. The lowest BCUT2D eigenvalue weighted by Crippen LogP contribution is -2.32. The van der Waals surface area contributed by atoms with E-state index in [4.69, 9.17) is 4.42 Å². The van der Waals surface area contributed by atoms with Crippen LogP contribution in [0.5, 0.6) is 0 Å². The number of rotatable bonds is 5. The van der Waals surface area contributed by atoms with Crippen LogP contribution in [0.1, 0.15) is 43.5 Å². The monoisotopic (exact) mass is 299 g/mol. The SMILES string of the molecule is Cc1cnc(CNc2cccc3c2CN(C(C)C(C)C)C3)o1. The van der Waals surface area contributed by atoms with Gasteiger partial charge in [-0.2, -0.15) is 0 Å². The molecule has 1 unspecified atom stereocenters. The highest BCUT2D eigenvalue weighted by Crippen LogP contribution is 2.32. The van der Waals surface area contributed by atoms with Crippen molar-refractivity contribution in [3.05, 3.63) is 47.2 Å². The second-order valence-corrected chi connectivity index (χ2v) is 6.55. The molecule has 0 amide bonds. The summed E-state index contributed by atoms with van der Waals surface area (Å²) in [6.07, 6.45) is 1.76. The number of oxazole rings is 1. The van der Waals surface area contributed by atoms with Gasteiger partial charge in [0.1, 0.15) is 5.76 Å². The molecule has 0 radical (unpaired) electrons. The molecule has 1 aromatic heterocycles. The maximum atomic E-state index is 5.53. The topological polar surface area (TPSA) is 41.3 Å². The van der Waals surface area contributed by atoms with E-state index in [2.05, 4.69) is 54.2 Å². The third-order valence-electron chi connectivity index (χ3n) is 4.65. The van der Waals surface area contributed by atoms with Gasteiger partial charge in [-0.25, -0.2) is 4.98 Å². The summed E-state index contributed by atoms with van der Waals surface area (Å²) in [6, 6.07) is 7.11. The molecular formula is C18H25N3O. The number of nitrogens with one attached hydrogen (secondary N) is 1. The third-order valence-corrected chi connectivity index (χ3v) is 4.65. The number of hydrogen-bond acceptors (Lipinski definition) is 4. The smallest absolute Gasteiger partial charge is 0.213 e. The molecule has 22 heavy (non-hydrogen) atoms. The second-order valence-electron chi connectivity index (χ2n) is 6.55. The van der Waals surface area contributed by atoms with Crippen molar-refractivity contribution in [2.75, 3.05) is 5.32 Å². The Labute approximate surface area is 132 Å². The Kier molecular flexibility index (Phi) is 4.21. The quantitative estimate of drug-likeness (QED) is 0.907. The van der Waals surface area contributed by atoms with E-state index in [1.165, 1.54) is 16.8 Å². The van der Waals surface area contributed by atoms with Crippen LogP contribution in [0.25, 0.3) is 0 Å². The largest absolute Gasteiger partial charge is 0.444 e. The molecule has 0 spiro atoms. The first-order valence-electron chi connectivity index (χ1n) is 8.04. The van der Waals surface area contributed by atoms with Crippen molar-refractivity contribution in [2.24, 2.45) is 5.92 Å². The first kappa shape index (κ1) is 15.1. The molecule has 0 saturated heterocycles. The highest BCUT2D eigenvalue weighted by molar-refractivity contribution is 5.56.